The van der Waals surface area contributed by atoms with Crippen molar-refractivity contribution < 1.29 is 9.90 Å². The molecule has 0 aromatic rings. The summed E-state index contributed by atoms with van der Waals surface area (Å²) in [5.74, 6) is 0.814. The summed E-state index contributed by atoms with van der Waals surface area (Å²) in [7, 11) is 0. The summed E-state index contributed by atoms with van der Waals surface area (Å²) in [5.41, 5.74) is 4.90. The molecule has 0 bridgehead atoms. The molecular formula is C14H28N2O2. The molecule has 0 spiro atoms. The third-order valence-corrected chi connectivity index (χ3v) is 4.46. The van der Waals surface area contributed by atoms with E-state index in [2.05, 4.69) is 5.32 Å². The van der Waals surface area contributed by atoms with Crippen molar-refractivity contribution in [2.24, 2.45) is 17.6 Å². The van der Waals surface area contributed by atoms with Gasteiger partial charge in [-0.05, 0) is 51.0 Å². The summed E-state index contributed by atoms with van der Waals surface area (Å²) in [6.45, 7) is 5.00. The van der Waals surface area contributed by atoms with Gasteiger partial charge in [0, 0.05) is 12.5 Å². The average Bonchev–Trinajstić information content (AvgIpc) is 2.44. The lowest BCUT2D eigenvalue weighted by atomic mass is 9.81. The van der Waals surface area contributed by atoms with Gasteiger partial charge in [0.1, 0.15) is 0 Å². The predicted molar refractivity (Wildman–Crippen MR) is 73.0 cm³/mol. The summed E-state index contributed by atoms with van der Waals surface area (Å²) in [4.78, 5) is 12.0. The molecular weight excluding hydrogens is 228 g/mol. The first-order valence-corrected chi connectivity index (χ1v) is 7.24. The normalized spacial score (nSPS) is 24.9. The highest BCUT2D eigenvalue weighted by Crippen LogP contribution is 2.28. The first kappa shape index (κ1) is 15.4. The van der Waals surface area contributed by atoms with Crippen LogP contribution in [0.2, 0.25) is 0 Å². The van der Waals surface area contributed by atoms with Crippen molar-refractivity contribution >= 4 is 5.91 Å². The number of amides is 1. The van der Waals surface area contributed by atoms with E-state index in [0.717, 1.165) is 32.2 Å². The quantitative estimate of drug-likeness (QED) is 0.673. The molecule has 0 saturated heterocycles. The minimum Gasteiger partial charge on any atom is -0.388 e. The Hall–Kier alpha value is -0.610. The molecule has 18 heavy (non-hydrogen) atoms. The Labute approximate surface area is 110 Å². The van der Waals surface area contributed by atoms with Crippen molar-refractivity contribution in [3.8, 4) is 0 Å². The van der Waals surface area contributed by atoms with E-state index in [1.807, 2.05) is 13.8 Å². The van der Waals surface area contributed by atoms with Crippen LogP contribution in [0, 0.1) is 11.8 Å². The monoisotopic (exact) mass is 256 g/mol. The van der Waals surface area contributed by atoms with Gasteiger partial charge >= 0.3 is 0 Å². The van der Waals surface area contributed by atoms with Gasteiger partial charge in [0.2, 0.25) is 5.91 Å². The van der Waals surface area contributed by atoms with Gasteiger partial charge in [0.25, 0.3) is 0 Å². The van der Waals surface area contributed by atoms with Crippen molar-refractivity contribution in [2.45, 2.75) is 58.0 Å². The van der Waals surface area contributed by atoms with Crippen LogP contribution < -0.4 is 11.1 Å². The number of carbonyl (C=O) groups excluding carboxylic acids is 1. The van der Waals surface area contributed by atoms with Crippen LogP contribution in [0.3, 0.4) is 0 Å². The lowest BCUT2D eigenvalue weighted by Gasteiger charge is -2.29. The van der Waals surface area contributed by atoms with Crippen LogP contribution in [0.1, 0.15) is 52.4 Å². The Kier molecular flexibility index (Phi) is 6.09. The van der Waals surface area contributed by atoms with E-state index in [1.54, 1.807) is 0 Å². The highest BCUT2D eigenvalue weighted by molar-refractivity contribution is 5.78. The molecule has 1 amide bonds. The summed E-state index contributed by atoms with van der Waals surface area (Å²) in [5, 5.41) is 13.0. The van der Waals surface area contributed by atoms with Gasteiger partial charge in [-0.1, -0.05) is 13.8 Å². The van der Waals surface area contributed by atoms with Gasteiger partial charge < -0.3 is 16.2 Å². The fourth-order valence-corrected chi connectivity index (χ4v) is 2.56. The standard InChI is InChI=1S/C14H28N2O2/c1-3-14(18,4-2)10-16-13(17)12-7-5-11(9-15)6-8-12/h11-12,18H,3-10,15H2,1-2H3,(H,16,17). The Balaban J connectivity index is 2.33. The smallest absolute Gasteiger partial charge is 0.223 e. The molecule has 1 rings (SSSR count). The molecule has 4 N–H and O–H groups in total. The van der Waals surface area contributed by atoms with Crippen molar-refractivity contribution in [1.82, 2.24) is 5.32 Å². The van der Waals surface area contributed by atoms with E-state index in [4.69, 9.17) is 5.73 Å². The Morgan fingerprint density at radius 2 is 1.83 bits per heavy atom. The number of hydrogen-bond acceptors (Lipinski definition) is 3. The number of aliphatic hydroxyl groups is 1. The van der Waals surface area contributed by atoms with Crippen LogP contribution in [-0.2, 0) is 4.79 Å². The van der Waals surface area contributed by atoms with E-state index in [-0.39, 0.29) is 11.8 Å². The van der Waals surface area contributed by atoms with Gasteiger partial charge in [-0.2, -0.15) is 0 Å². The fourth-order valence-electron chi connectivity index (χ4n) is 2.56. The lowest BCUT2D eigenvalue weighted by molar-refractivity contribution is -0.127. The van der Waals surface area contributed by atoms with Crippen molar-refractivity contribution in [2.75, 3.05) is 13.1 Å². The zero-order valence-corrected chi connectivity index (χ0v) is 11.7. The Morgan fingerprint density at radius 3 is 2.28 bits per heavy atom. The number of rotatable bonds is 6. The highest BCUT2D eigenvalue weighted by Gasteiger charge is 2.28. The summed E-state index contributed by atoms with van der Waals surface area (Å²) in [6, 6.07) is 0. The molecule has 0 unspecified atom stereocenters. The third kappa shape index (κ3) is 4.25. The van der Waals surface area contributed by atoms with E-state index in [1.165, 1.54) is 0 Å². The summed E-state index contributed by atoms with van der Waals surface area (Å²) in [6.07, 6.45) is 5.32. The van der Waals surface area contributed by atoms with E-state index >= 15 is 0 Å². The molecule has 1 aliphatic carbocycles. The number of carbonyl (C=O) groups is 1. The number of hydrogen-bond donors (Lipinski definition) is 3. The van der Waals surface area contributed by atoms with Gasteiger partial charge in [-0.25, -0.2) is 0 Å². The SMILES string of the molecule is CCC(O)(CC)CNC(=O)C1CCC(CN)CC1. The zero-order chi connectivity index (χ0) is 13.6. The van der Waals surface area contributed by atoms with Gasteiger partial charge in [-0.15, -0.1) is 0 Å². The molecule has 0 aromatic heterocycles. The van der Waals surface area contributed by atoms with Crippen molar-refractivity contribution in [1.29, 1.82) is 0 Å². The van der Waals surface area contributed by atoms with E-state index in [0.29, 0.717) is 25.3 Å². The average molecular weight is 256 g/mol. The van der Waals surface area contributed by atoms with E-state index in [9.17, 15) is 9.90 Å². The molecule has 0 radical (unpaired) electrons. The van der Waals surface area contributed by atoms with Crippen LogP contribution in [0.25, 0.3) is 0 Å². The van der Waals surface area contributed by atoms with Gasteiger partial charge in [-0.3, -0.25) is 4.79 Å². The fraction of sp³-hybridized carbons (Fsp3) is 0.929. The molecule has 0 aliphatic heterocycles. The lowest BCUT2D eigenvalue weighted by Crippen LogP contribution is -2.44. The van der Waals surface area contributed by atoms with Gasteiger partial charge in [0.05, 0.1) is 5.60 Å². The second kappa shape index (κ2) is 7.10. The minimum absolute atomic E-state index is 0.103. The molecule has 106 valence electrons. The maximum Gasteiger partial charge on any atom is 0.223 e. The molecule has 4 nitrogen and oxygen atoms in total. The number of nitrogens with two attached hydrogens (primary N) is 1. The summed E-state index contributed by atoms with van der Waals surface area (Å²) < 4.78 is 0. The minimum atomic E-state index is -0.746. The molecule has 0 atom stereocenters. The Morgan fingerprint density at radius 1 is 1.28 bits per heavy atom. The maximum atomic E-state index is 12.0. The molecule has 4 heteroatoms. The highest BCUT2D eigenvalue weighted by atomic mass is 16.3. The van der Waals surface area contributed by atoms with Crippen LogP contribution in [0.4, 0.5) is 0 Å². The molecule has 0 aromatic carbocycles. The van der Waals surface area contributed by atoms with Gasteiger partial charge in [0.15, 0.2) is 0 Å². The third-order valence-electron chi connectivity index (χ3n) is 4.46. The van der Waals surface area contributed by atoms with Crippen LogP contribution in [0.15, 0.2) is 0 Å². The predicted octanol–water partition coefficient (Wildman–Crippen LogP) is 1.42. The second-order valence-electron chi connectivity index (χ2n) is 5.60. The van der Waals surface area contributed by atoms with Crippen molar-refractivity contribution in [3.05, 3.63) is 0 Å². The number of nitrogens with one attached hydrogen (secondary N) is 1. The Bertz CT molecular complexity index is 257. The first-order valence-electron chi connectivity index (χ1n) is 7.24. The van der Waals surface area contributed by atoms with Crippen LogP contribution >= 0.6 is 0 Å². The van der Waals surface area contributed by atoms with Crippen molar-refractivity contribution in [3.63, 3.8) is 0 Å². The zero-order valence-electron chi connectivity index (χ0n) is 11.7. The second-order valence-corrected chi connectivity index (χ2v) is 5.60. The molecule has 1 aliphatic rings. The maximum absolute atomic E-state index is 12.0. The van der Waals surface area contributed by atoms with Crippen LogP contribution in [-0.4, -0.2) is 29.7 Å². The largest absolute Gasteiger partial charge is 0.388 e. The molecule has 0 heterocycles. The molecule has 1 fully saturated rings. The van der Waals surface area contributed by atoms with Crippen LogP contribution in [0.5, 0.6) is 0 Å². The first-order chi connectivity index (χ1) is 8.54. The molecule has 1 saturated carbocycles. The topological polar surface area (TPSA) is 75.3 Å². The summed E-state index contributed by atoms with van der Waals surface area (Å²) >= 11 is 0. The van der Waals surface area contributed by atoms with E-state index < -0.39 is 5.60 Å².